The second-order valence-corrected chi connectivity index (χ2v) is 11.3. The van der Waals surface area contributed by atoms with Crippen LogP contribution in [0, 0.1) is 0 Å². The molecule has 3 aromatic rings. The Balaban J connectivity index is 1.19. The van der Waals surface area contributed by atoms with Gasteiger partial charge in [-0.1, -0.05) is 29.5 Å². The molecule has 2 aliphatic carbocycles. The highest BCUT2D eigenvalue weighted by Gasteiger charge is 2.37. The summed E-state index contributed by atoms with van der Waals surface area (Å²) in [6.07, 6.45) is 5.08. The number of rotatable bonds is 5. The lowest BCUT2D eigenvalue weighted by molar-refractivity contribution is 0.0690. The van der Waals surface area contributed by atoms with Crippen molar-refractivity contribution in [2.24, 2.45) is 0 Å². The SMILES string of the molecule is O=C(c1nnn(-c2ccccc2)c1C1CC1)N1CCN(S(=O)(=O)c2ccc3c(c2)CCC3)CC1. The molecule has 2 fully saturated rings. The number of piperazine rings is 1. The van der Waals surface area contributed by atoms with E-state index in [1.807, 2.05) is 42.5 Å². The summed E-state index contributed by atoms with van der Waals surface area (Å²) in [7, 11) is -3.58. The van der Waals surface area contributed by atoms with E-state index < -0.39 is 10.0 Å². The largest absolute Gasteiger partial charge is 0.335 e. The number of para-hydroxylation sites is 1. The molecule has 1 aliphatic heterocycles. The third kappa shape index (κ3) is 3.73. The Morgan fingerprint density at radius 1 is 0.912 bits per heavy atom. The van der Waals surface area contributed by atoms with Crippen LogP contribution in [0.2, 0.25) is 0 Å². The van der Waals surface area contributed by atoms with Gasteiger partial charge in [0.25, 0.3) is 5.91 Å². The summed E-state index contributed by atoms with van der Waals surface area (Å²) in [6.45, 7) is 1.23. The van der Waals surface area contributed by atoms with E-state index in [1.54, 1.807) is 15.6 Å². The zero-order valence-corrected chi connectivity index (χ0v) is 19.7. The van der Waals surface area contributed by atoms with Crippen molar-refractivity contribution in [2.45, 2.75) is 42.9 Å². The molecule has 0 unspecified atom stereocenters. The Hall–Kier alpha value is -3.04. The highest BCUT2D eigenvalue weighted by molar-refractivity contribution is 7.89. The molecule has 8 nitrogen and oxygen atoms in total. The van der Waals surface area contributed by atoms with Crippen LogP contribution in [0.3, 0.4) is 0 Å². The number of carbonyl (C=O) groups is 1. The normalized spacial score (nSPS) is 18.8. The number of aryl methyl sites for hydroxylation is 2. The lowest BCUT2D eigenvalue weighted by Gasteiger charge is -2.33. The lowest BCUT2D eigenvalue weighted by atomic mass is 10.1. The summed E-state index contributed by atoms with van der Waals surface area (Å²) in [6, 6.07) is 15.2. The predicted molar refractivity (Wildman–Crippen MR) is 126 cm³/mol. The molecule has 9 heteroatoms. The van der Waals surface area contributed by atoms with Gasteiger partial charge in [0.1, 0.15) is 0 Å². The van der Waals surface area contributed by atoms with Crippen molar-refractivity contribution >= 4 is 15.9 Å². The molecule has 2 heterocycles. The summed E-state index contributed by atoms with van der Waals surface area (Å²) < 4.78 is 29.8. The Bertz CT molecular complexity index is 1340. The van der Waals surface area contributed by atoms with E-state index in [9.17, 15) is 13.2 Å². The van der Waals surface area contributed by atoms with E-state index in [0.717, 1.165) is 49.0 Å². The molecule has 0 atom stereocenters. The van der Waals surface area contributed by atoms with E-state index in [-0.39, 0.29) is 24.9 Å². The molecule has 1 saturated heterocycles. The minimum Gasteiger partial charge on any atom is -0.335 e. The number of benzene rings is 2. The number of fused-ring (bicyclic) bond motifs is 1. The molecule has 1 saturated carbocycles. The summed E-state index contributed by atoms with van der Waals surface area (Å²) in [5, 5.41) is 8.57. The third-order valence-corrected chi connectivity index (χ3v) is 9.00. The quantitative estimate of drug-likeness (QED) is 0.564. The molecule has 2 aromatic carbocycles. The minimum absolute atomic E-state index is 0.168. The van der Waals surface area contributed by atoms with Crippen LogP contribution in [-0.2, 0) is 22.9 Å². The third-order valence-electron chi connectivity index (χ3n) is 7.11. The number of amides is 1. The van der Waals surface area contributed by atoms with Crippen molar-refractivity contribution < 1.29 is 13.2 Å². The maximum atomic E-state index is 13.4. The van der Waals surface area contributed by atoms with Gasteiger partial charge in [-0.05, 0) is 67.5 Å². The first-order valence-corrected chi connectivity index (χ1v) is 13.4. The van der Waals surface area contributed by atoms with Crippen molar-refractivity contribution in [3.63, 3.8) is 0 Å². The molecule has 1 amide bonds. The van der Waals surface area contributed by atoms with Gasteiger partial charge in [0, 0.05) is 32.1 Å². The molecule has 1 aromatic heterocycles. The molecule has 176 valence electrons. The fourth-order valence-corrected chi connectivity index (χ4v) is 6.54. The Labute approximate surface area is 199 Å². The van der Waals surface area contributed by atoms with Gasteiger partial charge >= 0.3 is 0 Å². The van der Waals surface area contributed by atoms with Crippen molar-refractivity contribution in [1.82, 2.24) is 24.2 Å². The van der Waals surface area contributed by atoms with E-state index >= 15 is 0 Å². The van der Waals surface area contributed by atoms with E-state index in [2.05, 4.69) is 10.3 Å². The van der Waals surface area contributed by atoms with Gasteiger partial charge in [0.15, 0.2) is 5.69 Å². The molecular formula is C25H27N5O3S. The van der Waals surface area contributed by atoms with Crippen LogP contribution in [0.1, 0.15) is 52.5 Å². The van der Waals surface area contributed by atoms with Crippen LogP contribution in [0.15, 0.2) is 53.4 Å². The van der Waals surface area contributed by atoms with E-state index in [4.69, 9.17) is 0 Å². The average Bonchev–Trinajstić information content (AvgIpc) is 3.43. The summed E-state index contributed by atoms with van der Waals surface area (Å²) in [4.78, 5) is 15.5. The maximum absolute atomic E-state index is 13.4. The zero-order chi connectivity index (χ0) is 23.3. The molecular weight excluding hydrogens is 450 g/mol. The lowest BCUT2D eigenvalue weighted by Crippen LogP contribution is -2.50. The Morgan fingerprint density at radius 2 is 1.65 bits per heavy atom. The molecule has 0 spiro atoms. The first-order chi connectivity index (χ1) is 16.5. The number of aromatic nitrogens is 3. The van der Waals surface area contributed by atoms with Crippen molar-refractivity contribution in [3.05, 3.63) is 71.0 Å². The fraction of sp³-hybridized carbons (Fsp3) is 0.400. The Morgan fingerprint density at radius 3 is 2.38 bits per heavy atom. The van der Waals surface area contributed by atoms with E-state index in [1.165, 1.54) is 9.87 Å². The molecule has 0 N–H and O–H groups in total. The van der Waals surface area contributed by atoms with Gasteiger partial charge in [0.05, 0.1) is 16.3 Å². The van der Waals surface area contributed by atoms with Gasteiger partial charge in [-0.2, -0.15) is 4.31 Å². The van der Waals surface area contributed by atoms with Gasteiger partial charge in [-0.3, -0.25) is 4.79 Å². The number of hydrogen-bond donors (Lipinski definition) is 0. The molecule has 6 rings (SSSR count). The van der Waals surface area contributed by atoms with Crippen LogP contribution >= 0.6 is 0 Å². The Kier molecular flexibility index (Phi) is 5.26. The average molecular weight is 478 g/mol. The minimum atomic E-state index is -3.58. The number of sulfonamides is 1. The summed E-state index contributed by atoms with van der Waals surface area (Å²) >= 11 is 0. The van der Waals surface area contributed by atoms with Crippen LogP contribution in [0.4, 0.5) is 0 Å². The van der Waals surface area contributed by atoms with Crippen LogP contribution in [0.25, 0.3) is 5.69 Å². The first kappa shape index (κ1) is 21.5. The van der Waals surface area contributed by atoms with Gasteiger partial charge in [0.2, 0.25) is 10.0 Å². The topological polar surface area (TPSA) is 88.4 Å². The van der Waals surface area contributed by atoms with Crippen LogP contribution in [0.5, 0.6) is 0 Å². The standard InChI is InChI=1S/C25H27N5O3S/c31-25(23-24(19-9-10-19)30(27-26-23)21-7-2-1-3-8-21)28-13-15-29(16-14-28)34(32,33)22-12-11-18-5-4-6-20(18)17-22/h1-3,7-8,11-12,17,19H,4-6,9-10,13-16H2. The highest BCUT2D eigenvalue weighted by Crippen LogP contribution is 2.42. The molecule has 3 aliphatic rings. The monoisotopic (exact) mass is 477 g/mol. The fourth-order valence-electron chi connectivity index (χ4n) is 5.06. The van der Waals surface area contributed by atoms with Crippen molar-refractivity contribution in [3.8, 4) is 5.69 Å². The smallest absolute Gasteiger partial charge is 0.276 e. The van der Waals surface area contributed by atoms with E-state index in [0.29, 0.717) is 23.7 Å². The summed E-state index contributed by atoms with van der Waals surface area (Å²) in [5.74, 6) is 0.120. The second-order valence-electron chi connectivity index (χ2n) is 9.33. The predicted octanol–water partition coefficient (Wildman–Crippen LogP) is 2.78. The van der Waals surface area contributed by atoms with Crippen LogP contribution < -0.4 is 0 Å². The van der Waals surface area contributed by atoms with Crippen molar-refractivity contribution in [1.29, 1.82) is 0 Å². The molecule has 0 radical (unpaired) electrons. The number of carbonyl (C=O) groups excluding carboxylic acids is 1. The summed E-state index contributed by atoms with van der Waals surface area (Å²) in [5.41, 5.74) is 4.54. The maximum Gasteiger partial charge on any atom is 0.276 e. The van der Waals surface area contributed by atoms with Gasteiger partial charge < -0.3 is 4.90 Å². The highest BCUT2D eigenvalue weighted by atomic mass is 32.2. The van der Waals surface area contributed by atoms with Crippen molar-refractivity contribution in [2.75, 3.05) is 26.2 Å². The van der Waals surface area contributed by atoms with Gasteiger partial charge in [-0.25, -0.2) is 13.1 Å². The molecule has 0 bridgehead atoms. The first-order valence-electron chi connectivity index (χ1n) is 11.9. The van der Waals surface area contributed by atoms with Gasteiger partial charge in [-0.15, -0.1) is 5.10 Å². The zero-order valence-electron chi connectivity index (χ0n) is 18.9. The second kappa shape index (κ2) is 8.32. The van der Waals surface area contributed by atoms with Crippen LogP contribution in [-0.4, -0.2) is 64.7 Å². The molecule has 34 heavy (non-hydrogen) atoms. The number of nitrogens with zero attached hydrogens (tertiary/aromatic N) is 5. The number of hydrogen-bond acceptors (Lipinski definition) is 5.